The maximum absolute atomic E-state index is 11.2. The highest BCUT2D eigenvalue weighted by molar-refractivity contribution is 5.75. The van der Waals surface area contributed by atoms with Crippen molar-refractivity contribution in [3.63, 3.8) is 0 Å². The average Bonchev–Trinajstić information content (AvgIpc) is 2.36. The number of rotatable bonds is 7. The van der Waals surface area contributed by atoms with E-state index >= 15 is 0 Å². The summed E-state index contributed by atoms with van der Waals surface area (Å²) in [4.78, 5) is 26.2. The summed E-state index contributed by atoms with van der Waals surface area (Å²) in [5, 5.41) is 13.6. The molecule has 0 aliphatic rings. The number of nitrogens with one attached hydrogen (secondary N) is 2. The molecule has 0 heterocycles. The number of hydroxylamine groups is 1. The molecule has 0 bridgehead atoms. The molecule has 18 heavy (non-hydrogen) atoms. The molecule has 0 aliphatic heterocycles. The van der Waals surface area contributed by atoms with Gasteiger partial charge in [0, 0.05) is 19.0 Å². The molecule has 2 N–H and O–H groups in total. The first-order valence-electron chi connectivity index (χ1n) is 5.53. The number of hydrogen-bond donors (Lipinski definition) is 2. The fourth-order valence-electron chi connectivity index (χ4n) is 1.30. The first kappa shape index (κ1) is 13.9. The number of nitrogens with zero attached hydrogens (tertiary/aromatic N) is 1. The predicted octanol–water partition coefficient (Wildman–Crippen LogP) is 1.46. The van der Waals surface area contributed by atoms with Crippen LogP contribution in [0.5, 0.6) is 0 Å². The van der Waals surface area contributed by atoms with Crippen LogP contribution < -0.4 is 10.8 Å². The van der Waals surface area contributed by atoms with Crippen LogP contribution in [0.3, 0.4) is 0 Å². The molecule has 0 saturated carbocycles. The highest BCUT2D eigenvalue weighted by atomic mass is 16.6. The summed E-state index contributed by atoms with van der Waals surface area (Å²) in [5.41, 5.74) is 2.63. The van der Waals surface area contributed by atoms with E-state index in [0.717, 1.165) is 0 Å². The van der Waals surface area contributed by atoms with Crippen LogP contribution in [0.4, 0.5) is 11.4 Å². The summed E-state index contributed by atoms with van der Waals surface area (Å²) >= 11 is 0. The van der Waals surface area contributed by atoms with Gasteiger partial charge in [0.2, 0.25) is 5.91 Å². The second-order valence-corrected chi connectivity index (χ2v) is 3.41. The molecule has 1 rings (SSSR count). The number of amides is 1. The summed E-state index contributed by atoms with van der Waals surface area (Å²) in [6.45, 7) is 2.44. The summed E-state index contributed by atoms with van der Waals surface area (Å²) in [7, 11) is 0. The SMILES string of the molecule is CCONC(=O)CCNc1ccccc1[N+](=O)[O-]. The number of carbonyl (C=O) groups is 1. The van der Waals surface area contributed by atoms with Crippen molar-refractivity contribution in [1.29, 1.82) is 0 Å². The van der Waals surface area contributed by atoms with Gasteiger partial charge in [0.25, 0.3) is 5.69 Å². The standard InChI is InChI=1S/C11H15N3O4/c1-2-18-13-11(15)7-8-12-9-5-3-4-6-10(9)14(16)17/h3-6,12H,2,7-8H2,1H3,(H,13,15). The largest absolute Gasteiger partial charge is 0.379 e. The molecule has 0 unspecified atom stereocenters. The minimum atomic E-state index is -0.470. The van der Waals surface area contributed by atoms with Gasteiger partial charge in [-0.25, -0.2) is 5.48 Å². The van der Waals surface area contributed by atoms with E-state index in [2.05, 4.69) is 10.8 Å². The van der Waals surface area contributed by atoms with E-state index in [0.29, 0.717) is 18.8 Å². The van der Waals surface area contributed by atoms with Gasteiger partial charge >= 0.3 is 0 Å². The Morgan fingerprint density at radius 2 is 2.17 bits per heavy atom. The lowest BCUT2D eigenvalue weighted by molar-refractivity contribution is -0.384. The van der Waals surface area contributed by atoms with Crippen LogP contribution in [-0.2, 0) is 9.63 Å². The summed E-state index contributed by atoms with van der Waals surface area (Å²) in [6.07, 6.45) is 0.173. The summed E-state index contributed by atoms with van der Waals surface area (Å²) in [5.74, 6) is -0.275. The van der Waals surface area contributed by atoms with Gasteiger partial charge in [-0.3, -0.25) is 19.7 Å². The molecule has 0 saturated heterocycles. The number of nitro groups is 1. The van der Waals surface area contributed by atoms with E-state index in [-0.39, 0.29) is 18.0 Å². The Bertz CT molecular complexity index is 423. The average molecular weight is 253 g/mol. The van der Waals surface area contributed by atoms with Crippen molar-refractivity contribution >= 4 is 17.3 Å². The topological polar surface area (TPSA) is 93.5 Å². The molecule has 0 aliphatic carbocycles. The van der Waals surface area contributed by atoms with Gasteiger partial charge in [0.05, 0.1) is 11.5 Å². The molecule has 1 aromatic carbocycles. The molecule has 7 nitrogen and oxygen atoms in total. The number of para-hydroxylation sites is 2. The second kappa shape index (κ2) is 7.23. The fraction of sp³-hybridized carbons (Fsp3) is 0.364. The van der Waals surface area contributed by atoms with Crippen molar-refractivity contribution in [2.75, 3.05) is 18.5 Å². The molecule has 1 aromatic rings. The van der Waals surface area contributed by atoms with E-state index in [9.17, 15) is 14.9 Å². The zero-order valence-corrected chi connectivity index (χ0v) is 10.0. The van der Waals surface area contributed by atoms with Crippen LogP contribution in [0.2, 0.25) is 0 Å². The molecule has 0 radical (unpaired) electrons. The number of hydrogen-bond acceptors (Lipinski definition) is 5. The van der Waals surface area contributed by atoms with Crippen LogP contribution in [0.15, 0.2) is 24.3 Å². The summed E-state index contributed by atoms with van der Waals surface area (Å²) in [6, 6.07) is 6.28. The van der Waals surface area contributed by atoms with Gasteiger partial charge < -0.3 is 5.32 Å². The summed E-state index contributed by atoms with van der Waals surface area (Å²) < 4.78 is 0. The quantitative estimate of drug-likeness (QED) is 0.566. The van der Waals surface area contributed by atoms with Gasteiger partial charge in [-0.05, 0) is 13.0 Å². The maximum atomic E-state index is 11.2. The predicted molar refractivity (Wildman–Crippen MR) is 66.0 cm³/mol. The van der Waals surface area contributed by atoms with Crippen LogP contribution in [0.1, 0.15) is 13.3 Å². The Morgan fingerprint density at radius 3 is 2.83 bits per heavy atom. The van der Waals surface area contributed by atoms with Crippen molar-refractivity contribution < 1.29 is 14.6 Å². The minimum Gasteiger partial charge on any atom is -0.379 e. The normalized spacial score (nSPS) is 9.83. The van der Waals surface area contributed by atoms with Gasteiger partial charge in [0.1, 0.15) is 5.69 Å². The molecular formula is C11H15N3O4. The van der Waals surface area contributed by atoms with E-state index in [1.165, 1.54) is 6.07 Å². The molecular weight excluding hydrogens is 238 g/mol. The lowest BCUT2D eigenvalue weighted by atomic mass is 10.2. The molecule has 1 amide bonds. The van der Waals surface area contributed by atoms with Crippen molar-refractivity contribution in [3.8, 4) is 0 Å². The molecule has 7 heteroatoms. The molecule has 0 spiro atoms. The Morgan fingerprint density at radius 1 is 1.44 bits per heavy atom. The van der Waals surface area contributed by atoms with Crippen LogP contribution in [-0.4, -0.2) is 24.0 Å². The monoisotopic (exact) mass is 253 g/mol. The molecule has 98 valence electrons. The highest BCUT2D eigenvalue weighted by Crippen LogP contribution is 2.22. The zero-order valence-electron chi connectivity index (χ0n) is 10.0. The van der Waals surface area contributed by atoms with E-state index in [1.54, 1.807) is 25.1 Å². The first-order valence-corrected chi connectivity index (χ1v) is 5.53. The number of benzene rings is 1. The third kappa shape index (κ3) is 4.38. The Labute approximate surface area is 104 Å². The minimum absolute atomic E-state index is 0.0114. The Hall–Kier alpha value is -2.15. The molecule has 0 fully saturated rings. The highest BCUT2D eigenvalue weighted by Gasteiger charge is 2.11. The molecule has 0 atom stereocenters. The number of nitro benzene ring substituents is 1. The number of carbonyl (C=O) groups excluding carboxylic acids is 1. The van der Waals surface area contributed by atoms with Crippen molar-refractivity contribution in [3.05, 3.63) is 34.4 Å². The van der Waals surface area contributed by atoms with E-state index in [1.807, 2.05) is 0 Å². The fourth-order valence-corrected chi connectivity index (χ4v) is 1.30. The lowest BCUT2D eigenvalue weighted by Crippen LogP contribution is -2.25. The third-order valence-corrected chi connectivity index (χ3v) is 2.10. The van der Waals surface area contributed by atoms with Gasteiger partial charge in [-0.2, -0.15) is 0 Å². The molecule has 0 aromatic heterocycles. The van der Waals surface area contributed by atoms with Crippen LogP contribution in [0, 0.1) is 10.1 Å². The maximum Gasteiger partial charge on any atom is 0.292 e. The van der Waals surface area contributed by atoms with E-state index < -0.39 is 4.92 Å². The van der Waals surface area contributed by atoms with Crippen molar-refractivity contribution in [1.82, 2.24) is 5.48 Å². The smallest absolute Gasteiger partial charge is 0.292 e. The van der Waals surface area contributed by atoms with Gasteiger partial charge in [0.15, 0.2) is 0 Å². The Kier molecular flexibility index (Phi) is 5.59. The van der Waals surface area contributed by atoms with E-state index in [4.69, 9.17) is 4.84 Å². The number of anilines is 1. The van der Waals surface area contributed by atoms with Gasteiger partial charge in [-0.1, -0.05) is 12.1 Å². The second-order valence-electron chi connectivity index (χ2n) is 3.41. The Balaban J connectivity index is 2.44. The third-order valence-electron chi connectivity index (χ3n) is 2.10. The lowest BCUT2D eigenvalue weighted by Gasteiger charge is -2.07. The van der Waals surface area contributed by atoms with Crippen LogP contribution >= 0.6 is 0 Å². The van der Waals surface area contributed by atoms with Gasteiger partial charge in [-0.15, -0.1) is 0 Å². The first-order chi connectivity index (χ1) is 8.65. The van der Waals surface area contributed by atoms with Crippen molar-refractivity contribution in [2.45, 2.75) is 13.3 Å². The van der Waals surface area contributed by atoms with Crippen molar-refractivity contribution in [2.24, 2.45) is 0 Å². The zero-order chi connectivity index (χ0) is 13.4. The van der Waals surface area contributed by atoms with Crippen LogP contribution in [0.25, 0.3) is 0 Å².